The second-order valence-electron chi connectivity index (χ2n) is 6.03. The van der Waals surface area contributed by atoms with Gasteiger partial charge >= 0.3 is 5.69 Å². The molecule has 19 heavy (non-hydrogen) atoms. The molecule has 0 aliphatic heterocycles. The van der Waals surface area contributed by atoms with Gasteiger partial charge in [0.2, 0.25) is 0 Å². The molecule has 0 unspecified atom stereocenters. The molecule has 1 aromatic heterocycles. The van der Waals surface area contributed by atoms with Gasteiger partial charge < -0.3 is 9.88 Å². The van der Waals surface area contributed by atoms with Crippen LogP contribution in [0.15, 0.2) is 15.8 Å². The molecule has 0 amide bonds. The minimum atomic E-state index is -0.281. The van der Waals surface area contributed by atoms with E-state index in [1.54, 1.807) is 13.2 Å². The van der Waals surface area contributed by atoms with Gasteiger partial charge in [-0.3, -0.25) is 9.36 Å². The number of aryl methyl sites for hydroxylation is 1. The van der Waals surface area contributed by atoms with E-state index in [1.165, 1.54) is 37.3 Å². The maximum Gasteiger partial charge on any atom is 0.330 e. The Balaban J connectivity index is 2.04. The van der Waals surface area contributed by atoms with E-state index in [2.05, 4.69) is 12.2 Å². The molecule has 1 aliphatic carbocycles. The van der Waals surface area contributed by atoms with Crippen LogP contribution in [0, 0.1) is 5.41 Å². The van der Waals surface area contributed by atoms with Crippen molar-refractivity contribution in [3.63, 3.8) is 0 Å². The summed E-state index contributed by atoms with van der Waals surface area (Å²) in [4.78, 5) is 23.5. The number of hydrogen-bond acceptors (Lipinski definition) is 3. The maximum absolute atomic E-state index is 12.0. The Labute approximate surface area is 113 Å². The van der Waals surface area contributed by atoms with Crippen molar-refractivity contribution in [3.8, 4) is 0 Å². The summed E-state index contributed by atoms with van der Waals surface area (Å²) in [5, 5.41) is 3.37. The Hall–Kier alpha value is -1.36. The fourth-order valence-corrected chi connectivity index (χ4v) is 2.91. The van der Waals surface area contributed by atoms with Gasteiger partial charge in [0.1, 0.15) is 0 Å². The Morgan fingerprint density at radius 3 is 2.53 bits per heavy atom. The molecule has 5 nitrogen and oxygen atoms in total. The molecule has 1 aliphatic rings. The van der Waals surface area contributed by atoms with E-state index in [1.807, 2.05) is 0 Å². The van der Waals surface area contributed by atoms with Crippen molar-refractivity contribution in [3.05, 3.63) is 32.6 Å². The highest BCUT2D eigenvalue weighted by atomic mass is 16.2. The first-order valence-corrected chi connectivity index (χ1v) is 6.89. The minimum Gasteiger partial charge on any atom is -0.312 e. The number of rotatable bonds is 4. The van der Waals surface area contributed by atoms with Crippen molar-refractivity contribution >= 4 is 0 Å². The highest BCUT2D eigenvalue weighted by Crippen LogP contribution is 2.36. The van der Waals surface area contributed by atoms with E-state index < -0.39 is 0 Å². The molecule has 1 aromatic rings. The predicted octanol–water partition coefficient (Wildman–Crippen LogP) is 0.754. The van der Waals surface area contributed by atoms with Crippen LogP contribution < -0.4 is 16.6 Å². The largest absolute Gasteiger partial charge is 0.330 e. The highest BCUT2D eigenvalue weighted by Gasteiger charge is 2.27. The molecule has 106 valence electrons. The maximum atomic E-state index is 12.0. The molecule has 1 saturated carbocycles. The summed E-state index contributed by atoms with van der Waals surface area (Å²) in [5.41, 5.74) is 0.529. The fourth-order valence-electron chi connectivity index (χ4n) is 2.91. The number of aromatic nitrogens is 2. The third-order valence-corrected chi connectivity index (χ3v) is 4.20. The molecule has 1 fully saturated rings. The van der Waals surface area contributed by atoms with Gasteiger partial charge in [-0.05, 0) is 18.3 Å². The monoisotopic (exact) mass is 265 g/mol. The summed E-state index contributed by atoms with van der Waals surface area (Å²) in [6, 6.07) is 0. The minimum absolute atomic E-state index is 0.202. The summed E-state index contributed by atoms with van der Waals surface area (Å²) in [5.74, 6) is 0. The van der Waals surface area contributed by atoms with Gasteiger partial charge in [-0.25, -0.2) is 4.79 Å². The molecule has 0 aromatic carbocycles. The lowest BCUT2D eigenvalue weighted by atomic mass is 9.89. The molecular weight excluding hydrogens is 242 g/mol. The van der Waals surface area contributed by atoms with Crippen LogP contribution in [0.2, 0.25) is 0 Å². The molecule has 0 saturated heterocycles. The fraction of sp³-hybridized carbons (Fsp3) is 0.714. The number of hydrogen-bond donors (Lipinski definition) is 1. The van der Waals surface area contributed by atoms with E-state index in [0.717, 1.165) is 11.1 Å². The normalized spacial score (nSPS) is 17.8. The first kappa shape index (κ1) is 14.1. The topological polar surface area (TPSA) is 56.0 Å². The molecular formula is C14H23N3O2. The van der Waals surface area contributed by atoms with E-state index in [-0.39, 0.29) is 11.2 Å². The lowest BCUT2D eigenvalue weighted by Crippen LogP contribution is -2.40. The van der Waals surface area contributed by atoms with Crippen molar-refractivity contribution in [2.75, 3.05) is 6.54 Å². The second-order valence-corrected chi connectivity index (χ2v) is 6.03. The van der Waals surface area contributed by atoms with Crippen molar-refractivity contribution in [2.45, 2.75) is 39.2 Å². The Morgan fingerprint density at radius 1 is 1.26 bits per heavy atom. The van der Waals surface area contributed by atoms with Crippen LogP contribution >= 0.6 is 0 Å². The molecule has 0 atom stereocenters. The van der Waals surface area contributed by atoms with Crippen LogP contribution in [0.1, 0.15) is 38.2 Å². The zero-order chi connectivity index (χ0) is 14.0. The standard InChI is InChI=1S/C14H23N3O2/c1-14(6-4-5-7-14)10-15-8-11-9-16(2)13(19)17(3)12(11)18/h9,15H,4-8,10H2,1-3H3. The average Bonchev–Trinajstić information content (AvgIpc) is 2.80. The van der Waals surface area contributed by atoms with Gasteiger partial charge in [0.25, 0.3) is 5.56 Å². The SMILES string of the molecule is Cn1cc(CNCC2(C)CCCC2)c(=O)n(C)c1=O. The summed E-state index contributed by atoms with van der Waals surface area (Å²) in [6.07, 6.45) is 6.75. The molecule has 5 heteroatoms. The number of nitrogens with one attached hydrogen (secondary N) is 1. The quantitative estimate of drug-likeness (QED) is 0.874. The first-order chi connectivity index (χ1) is 8.93. The molecule has 1 heterocycles. The molecule has 1 N–H and O–H groups in total. The zero-order valence-corrected chi connectivity index (χ0v) is 12.0. The lowest BCUT2D eigenvalue weighted by Gasteiger charge is -2.23. The second kappa shape index (κ2) is 5.33. The van der Waals surface area contributed by atoms with Crippen LogP contribution in [0.3, 0.4) is 0 Å². The Morgan fingerprint density at radius 2 is 1.89 bits per heavy atom. The molecule has 0 spiro atoms. The zero-order valence-electron chi connectivity index (χ0n) is 12.0. The van der Waals surface area contributed by atoms with Crippen LogP contribution in [0.25, 0.3) is 0 Å². The van der Waals surface area contributed by atoms with Gasteiger partial charge in [-0.2, -0.15) is 0 Å². The third-order valence-electron chi connectivity index (χ3n) is 4.20. The highest BCUT2D eigenvalue weighted by molar-refractivity contribution is 5.05. The average molecular weight is 265 g/mol. The van der Waals surface area contributed by atoms with Crippen molar-refractivity contribution in [1.82, 2.24) is 14.5 Å². The van der Waals surface area contributed by atoms with Crippen LogP contribution in [-0.2, 0) is 20.6 Å². The molecule has 2 rings (SSSR count). The van der Waals surface area contributed by atoms with Gasteiger partial charge in [0.15, 0.2) is 0 Å². The van der Waals surface area contributed by atoms with Crippen molar-refractivity contribution < 1.29 is 0 Å². The Bertz CT molecular complexity index is 565. The number of nitrogens with zero attached hydrogens (tertiary/aromatic N) is 2. The predicted molar refractivity (Wildman–Crippen MR) is 75.2 cm³/mol. The first-order valence-electron chi connectivity index (χ1n) is 6.89. The van der Waals surface area contributed by atoms with Gasteiger partial charge in [-0.15, -0.1) is 0 Å². The van der Waals surface area contributed by atoms with Crippen molar-refractivity contribution in [2.24, 2.45) is 19.5 Å². The summed E-state index contributed by atoms with van der Waals surface area (Å²) < 4.78 is 2.62. The van der Waals surface area contributed by atoms with Crippen molar-refractivity contribution in [1.29, 1.82) is 0 Å². The molecule has 0 radical (unpaired) electrons. The lowest BCUT2D eigenvalue weighted by molar-refractivity contribution is 0.314. The summed E-state index contributed by atoms with van der Waals surface area (Å²) >= 11 is 0. The van der Waals surface area contributed by atoms with E-state index in [0.29, 0.717) is 17.5 Å². The van der Waals surface area contributed by atoms with E-state index in [9.17, 15) is 9.59 Å². The summed E-state index contributed by atoms with van der Waals surface area (Å²) in [7, 11) is 3.19. The van der Waals surface area contributed by atoms with E-state index >= 15 is 0 Å². The van der Waals surface area contributed by atoms with Crippen LogP contribution in [-0.4, -0.2) is 15.7 Å². The van der Waals surface area contributed by atoms with Gasteiger partial charge in [0.05, 0.1) is 0 Å². The van der Waals surface area contributed by atoms with Crippen LogP contribution in [0.4, 0.5) is 0 Å². The summed E-state index contributed by atoms with van der Waals surface area (Å²) in [6.45, 7) is 3.75. The smallest absolute Gasteiger partial charge is 0.312 e. The van der Waals surface area contributed by atoms with Gasteiger partial charge in [0, 0.05) is 38.9 Å². The van der Waals surface area contributed by atoms with E-state index in [4.69, 9.17) is 0 Å². The third kappa shape index (κ3) is 2.97. The van der Waals surface area contributed by atoms with Crippen LogP contribution in [0.5, 0.6) is 0 Å². The Kier molecular flexibility index (Phi) is 3.94. The molecule has 0 bridgehead atoms. The van der Waals surface area contributed by atoms with Gasteiger partial charge in [-0.1, -0.05) is 19.8 Å².